The standard InChI is InChI=1S/C24H37N3O4S.H2/c1-19-6-10-23(11-7-19)32(28,29)27-22(4-3-5-24(27)21-8-9-21)18-31-20(2)25-12-13-26-14-16-30-17-15-26;/h6-7,10-11,21-22,24-25H,2-5,8-9,12-18H2,1H3;1H. The molecular formula is C24H39N3O4S. The lowest BCUT2D eigenvalue weighted by molar-refractivity contribution is 0.0373. The van der Waals surface area contributed by atoms with Gasteiger partial charge in [-0.1, -0.05) is 24.1 Å². The number of piperidine rings is 1. The summed E-state index contributed by atoms with van der Waals surface area (Å²) in [5.74, 6) is 0.993. The Morgan fingerprint density at radius 3 is 2.59 bits per heavy atom. The van der Waals surface area contributed by atoms with E-state index in [1.54, 1.807) is 16.4 Å². The van der Waals surface area contributed by atoms with E-state index in [4.69, 9.17) is 9.47 Å². The molecule has 0 bridgehead atoms. The Balaban J connectivity index is 0.00000306. The second kappa shape index (κ2) is 10.5. The van der Waals surface area contributed by atoms with Gasteiger partial charge in [-0.3, -0.25) is 4.90 Å². The molecule has 3 fully saturated rings. The summed E-state index contributed by atoms with van der Waals surface area (Å²) in [6.07, 6.45) is 5.02. The largest absolute Gasteiger partial charge is 0.478 e. The Morgan fingerprint density at radius 1 is 1.19 bits per heavy atom. The van der Waals surface area contributed by atoms with Gasteiger partial charge in [-0.05, 0) is 57.2 Å². The molecule has 1 saturated carbocycles. The number of hydrogen-bond acceptors (Lipinski definition) is 6. The molecule has 180 valence electrons. The second-order valence-electron chi connectivity index (χ2n) is 9.25. The third kappa shape index (κ3) is 5.84. The van der Waals surface area contributed by atoms with E-state index in [1.807, 2.05) is 19.1 Å². The fraction of sp³-hybridized carbons (Fsp3) is 0.667. The van der Waals surface area contributed by atoms with E-state index in [1.165, 1.54) is 0 Å². The van der Waals surface area contributed by atoms with Crippen molar-refractivity contribution in [3.63, 3.8) is 0 Å². The number of aryl methyl sites for hydroxylation is 1. The molecule has 1 aliphatic carbocycles. The molecule has 2 saturated heterocycles. The van der Waals surface area contributed by atoms with Crippen molar-refractivity contribution < 1.29 is 19.3 Å². The summed E-state index contributed by atoms with van der Waals surface area (Å²) < 4.78 is 40.4. The first-order valence-corrected chi connectivity index (χ1v) is 13.3. The normalized spacial score (nSPS) is 25.4. The van der Waals surface area contributed by atoms with Gasteiger partial charge in [0.25, 0.3) is 0 Å². The van der Waals surface area contributed by atoms with Crippen LogP contribution in [0, 0.1) is 12.8 Å². The van der Waals surface area contributed by atoms with Gasteiger partial charge in [-0.2, -0.15) is 4.31 Å². The zero-order valence-corrected chi connectivity index (χ0v) is 20.0. The van der Waals surface area contributed by atoms with Crippen molar-refractivity contribution in [2.75, 3.05) is 46.0 Å². The summed E-state index contributed by atoms with van der Waals surface area (Å²) in [6, 6.07) is 7.11. The monoisotopic (exact) mass is 465 g/mol. The molecule has 1 N–H and O–H groups in total. The number of nitrogens with zero attached hydrogens (tertiary/aromatic N) is 2. The molecule has 8 heteroatoms. The Labute approximate surface area is 194 Å². The van der Waals surface area contributed by atoms with Crippen LogP contribution in [0.25, 0.3) is 0 Å². The number of hydrogen-bond donors (Lipinski definition) is 1. The molecule has 3 aliphatic rings. The topological polar surface area (TPSA) is 71.1 Å². The molecule has 1 aromatic carbocycles. The van der Waals surface area contributed by atoms with Gasteiger partial charge in [-0.25, -0.2) is 8.42 Å². The molecule has 2 unspecified atom stereocenters. The second-order valence-corrected chi connectivity index (χ2v) is 11.1. The molecule has 0 spiro atoms. The Kier molecular flexibility index (Phi) is 7.76. The first kappa shape index (κ1) is 23.5. The Hall–Kier alpha value is -1.61. The fourth-order valence-corrected chi connectivity index (χ4v) is 6.72. The third-order valence-electron chi connectivity index (χ3n) is 6.79. The van der Waals surface area contributed by atoms with E-state index in [0.717, 1.165) is 77.1 Å². The van der Waals surface area contributed by atoms with Crippen molar-refractivity contribution in [3.8, 4) is 0 Å². The lowest BCUT2D eigenvalue weighted by atomic mass is 9.96. The molecule has 1 aromatic rings. The maximum Gasteiger partial charge on any atom is 0.243 e. The van der Waals surface area contributed by atoms with Gasteiger partial charge in [0, 0.05) is 33.6 Å². The first-order valence-electron chi connectivity index (χ1n) is 11.9. The van der Waals surface area contributed by atoms with Crippen molar-refractivity contribution in [1.29, 1.82) is 0 Å². The summed E-state index contributed by atoms with van der Waals surface area (Å²) in [4.78, 5) is 2.73. The minimum Gasteiger partial charge on any atom is -0.478 e. The van der Waals surface area contributed by atoms with Gasteiger partial charge >= 0.3 is 0 Å². The Morgan fingerprint density at radius 2 is 1.91 bits per heavy atom. The maximum atomic E-state index is 13.7. The minimum atomic E-state index is -3.58. The molecule has 2 heterocycles. The fourth-order valence-electron chi connectivity index (χ4n) is 4.80. The summed E-state index contributed by atoms with van der Waals surface area (Å²) in [5.41, 5.74) is 1.06. The lowest BCUT2D eigenvalue weighted by Gasteiger charge is -2.41. The summed E-state index contributed by atoms with van der Waals surface area (Å²) in [7, 11) is -3.58. The van der Waals surface area contributed by atoms with Gasteiger partial charge in [0.2, 0.25) is 10.0 Å². The summed E-state index contributed by atoms with van der Waals surface area (Å²) in [5, 5.41) is 3.24. The van der Waals surface area contributed by atoms with Crippen molar-refractivity contribution in [2.24, 2.45) is 5.92 Å². The predicted octanol–water partition coefficient (Wildman–Crippen LogP) is 2.97. The molecule has 0 radical (unpaired) electrons. The number of rotatable bonds is 10. The highest BCUT2D eigenvalue weighted by atomic mass is 32.2. The van der Waals surface area contributed by atoms with E-state index >= 15 is 0 Å². The average molecular weight is 466 g/mol. The molecule has 7 nitrogen and oxygen atoms in total. The van der Waals surface area contributed by atoms with Gasteiger partial charge in [0.05, 0.1) is 24.2 Å². The van der Waals surface area contributed by atoms with Crippen LogP contribution in [0.4, 0.5) is 0 Å². The molecule has 32 heavy (non-hydrogen) atoms. The third-order valence-corrected chi connectivity index (χ3v) is 8.78. The van der Waals surface area contributed by atoms with Gasteiger partial charge in [-0.15, -0.1) is 0 Å². The first-order chi connectivity index (χ1) is 15.4. The van der Waals surface area contributed by atoms with Crippen LogP contribution in [0.2, 0.25) is 0 Å². The van der Waals surface area contributed by atoms with Crippen molar-refractivity contribution in [2.45, 2.75) is 56.0 Å². The van der Waals surface area contributed by atoms with Gasteiger partial charge in [0.1, 0.15) is 6.61 Å². The van der Waals surface area contributed by atoms with Crippen LogP contribution in [0.1, 0.15) is 39.1 Å². The molecule has 2 atom stereocenters. The maximum absolute atomic E-state index is 13.7. The molecule has 2 aliphatic heterocycles. The van der Waals surface area contributed by atoms with E-state index in [0.29, 0.717) is 23.3 Å². The van der Waals surface area contributed by atoms with Crippen LogP contribution in [0.15, 0.2) is 41.6 Å². The van der Waals surface area contributed by atoms with E-state index in [2.05, 4.69) is 16.8 Å². The van der Waals surface area contributed by atoms with E-state index < -0.39 is 10.0 Å². The number of nitrogens with one attached hydrogen (secondary N) is 1. The van der Waals surface area contributed by atoms with Gasteiger partial charge in [0.15, 0.2) is 5.88 Å². The van der Waals surface area contributed by atoms with Crippen molar-refractivity contribution in [3.05, 3.63) is 42.3 Å². The number of sulfonamides is 1. The van der Waals surface area contributed by atoms with E-state index in [-0.39, 0.29) is 13.5 Å². The van der Waals surface area contributed by atoms with Gasteiger partial charge < -0.3 is 14.8 Å². The minimum absolute atomic E-state index is 0. The number of ether oxygens (including phenoxy) is 2. The summed E-state index contributed by atoms with van der Waals surface area (Å²) >= 11 is 0. The molecule has 0 aromatic heterocycles. The predicted molar refractivity (Wildman–Crippen MR) is 127 cm³/mol. The van der Waals surface area contributed by atoms with Crippen LogP contribution >= 0.6 is 0 Å². The van der Waals surface area contributed by atoms with Crippen LogP contribution in [0.5, 0.6) is 0 Å². The van der Waals surface area contributed by atoms with Crippen LogP contribution in [0.3, 0.4) is 0 Å². The van der Waals surface area contributed by atoms with Crippen LogP contribution < -0.4 is 5.32 Å². The SMILES string of the molecule is C=C(NCCN1CCOCC1)OCC1CCCC(C2CC2)N1S(=O)(=O)c1ccc(C)cc1.[HH]. The highest BCUT2D eigenvalue weighted by Crippen LogP contribution is 2.43. The quantitative estimate of drug-likeness (QED) is 0.536. The molecular weight excluding hydrogens is 426 g/mol. The van der Waals surface area contributed by atoms with E-state index in [9.17, 15) is 8.42 Å². The van der Waals surface area contributed by atoms with Crippen molar-refractivity contribution >= 4 is 10.0 Å². The smallest absolute Gasteiger partial charge is 0.243 e. The Bertz CT molecular complexity index is 870. The highest BCUT2D eigenvalue weighted by Gasteiger charge is 2.46. The molecule has 0 amide bonds. The summed E-state index contributed by atoms with van der Waals surface area (Å²) in [6.45, 7) is 11.4. The van der Waals surface area contributed by atoms with Crippen molar-refractivity contribution in [1.82, 2.24) is 14.5 Å². The number of morpholine rings is 1. The highest BCUT2D eigenvalue weighted by molar-refractivity contribution is 7.89. The zero-order chi connectivity index (χ0) is 22.6. The zero-order valence-electron chi connectivity index (χ0n) is 19.2. The van der Waals surface area contributed by atoms with Crippen LogP contribution in [-0.4, -0.2) is 75.7 Å². The average Bonchev–Trinajstić information content (AvgIpc) is 3.64. The van der Waals surface area contributed by atoms with Crippen LogP contribution in [-0.2, 0) is 19.5 Å². The number of benzene rings is 1. The lowest BCUT2D eigenvalue weighted by Crippen LogP contribution is -2.52. The molecule has 4 rings (SSSR count).